The highest BCUT2D eigenvalue weighted by Crippen LogP contribution is 2.40. The molecule has 0 aromatic heterocycles. The predicted octanol–water partition coefficient (Wildman–Crippen LogP) is 4.05. The number of amides is 1. The fourth-order valence-corrected chi connectivity index (χ4v) is 5.64. The maximum Gasteiger partial charge on any atom is 0.416 e. The van der Waals surface area contributed by atoms with Gasteiger partial charge in [0.05, 0.1) is 17.4 Å². The SMILES string of the molecule is CC(C)N1CCC(C(=O)N2CCC(c3ccc(C(F)(F)F)cc3N3CCC(C(=O)O)CC3)C2)C1. The summed E-state index contributed by atoms with van der Waals surface area (Å²) in [7, 11) is 0. The Labute approximate surface area is 198 Å². The van der Waals surface area contributed by atoms with E-state index in [-0.39, 0.29) is 17.7 Å². The second-order valence-corrected chi connectivity index (χ2v) is 10.2. The summed E-state index contributed by atoms with van der Waals surface area (Å²) in [6, 6.07) is 4.31. The topological polar surface area (TPSA) is 64.1 Å². The molecule has 1 N–H and O–H groups in total. The number of alkyl halides is 3. The number of halogens is 3. The summed E-state index contributed by atoms with van der Waals surface area (Å²) >= 11 is 0. The maximum absolute atomic E-state index is 13.5. The van der Waals surface area contributed by atoms with Gasteiger partial charge in [0.2, 0.25) is 5.91 Å². The van der Waals surface area contributed by atoms with E-state index in [1.54, 1.807) is 6.07 Å². The van der Waals surface area contributed by atoms with Crippen LogP contribution in [0.1, 0.15) is 56.6 Å². The zero-order valence-electron chi connectivity index (χ0n) is 19.9. The number of aliphatic carboxylic acids is 1. The maximum atomic E-state index is 13.5. The predicted molar refractivity (Wildman–Crippen MR) is 123 cm³/mol. The van der Waals surface area contributed by atoms with Crippen LogP contribution in [0, 0.1) is 11.8 Å². The number of carbonyl (C=O) groups is 2. The van der Waals surface area contributed by atoms with Gasteiger partial charge >= 0.3 is 12.1 Å². The number of hydrogen-bond acceptors (Lipinski definition) is 4. The molecule has 188 valence electrons. The highest BCUT2D eigenvalue weighted by molar-refractivity contribution is 5.80. The number of piperidine rings is 1. The third-order valence-electron chi connectivity index (χ3n) is 7.78. The van der Waals surface area contributed by atoms with E-state index >= 15 is 0 Å². The van der Waals surface area contributed by atoms with E-state index in [4.69, 9.17) is 0 Å². The van der Waals surface area contributed by atoms with Crippen molar-refractivity contribution >= 4 is 17.6 Å². The first kappa shape index (κ1) is 24.8. The monoisotopic (exact) mass is 481 g/mol. The molecule has 9 heteroatoms. The quantitative estimate of drug-likeness (QED) is 0.688. The zero-order chi connectivity index (χ0) is 24.6. The third-order valence-corrected chi connectivity index (χ3v) is 7.78. The fourth-order valence-electron chi connectivity index (χ4n) is 5.64. The highest BCUT2D eigenvalue weighted by Gasteiger charge is 2.38. The molecule has 1 amide bonds. The van der Waals surface area contributed by atoms with Crippen molar-refractivity contribution in [3.8, 4) is 0 Å². The van der Waals surface area contributed by atoms with Gasteiger partial charge in [-0.3, -0.25) is 9.59 Å². The van der Waals surface area contributed by atoms with Crippen molar-refractivity contribution in [1.29, 1.82) is 0 Å². The molecule has 1 aromatic carbocycles. The van der Waals surface area contributed by atoms with E-state index in [0.717, 1.165) is 37.6 Å². The van der Waals surface area contributed by atoms with E-state index in [2.05, 4.69) is 18.7 Å². The number of benzene rings is 1. The van der Waals surface area contributed by atoms with Crippen LogP contribution in [0.25, 0.3) is 0 Å². The van der Waals surface area contributed by atoms with Crippen molar-refractivity contribution in [2.75, 3.05) is 44.2 Å². The lowest BCUT2D eigenvalue weighted by atomic mass is 9.91. The molecule has 0 radical (unpaired) electrons. The standard InChI is InChI=1S/C25H34F3N3O3/c1-16(2)30-11-8-19(15-30)23(32)31-12-7-18(14-31)21-4-3-20(25(26,27)28)13-22(21)29-9-5-17(6-10-29)24(33)34/h3-4,13,16-19H,5-12,14-15H2,1-2H3,(H,33,34). The number of hydrogen-bond donors (Lipinski definition) is 1. The number of carboxylic acid groups (broad SMARTS) is 1. The summed E-state index contributed by atoms with van der Waals surface area (Å²) in [5, 5.41) is 9.28. The second-order valence-electron chi connectivity index (χ2n) is 10.2. The van der Waals surface area contributed by atoms with Crippen LogP contribution in [0.5, 0.6) is 0 Å². The van der Waals surface area contributed by atoms with E-state index < -0.39 is 23.6 Å². The molecule has 0 bridgehead atoms. The van der Waals surface area contributed by atoms with Crippen molar-refractivity contribution in [3.05, 3.63) is 29.3 Å². The molecule has 0 aliphatic carbocycles. The van der Waals surface area contributed by atoms with Crippen molar-refractivity contribution in [2.24, 2.45) is 11.8 Å². The Bertz CT molecular complexity index is 912. The van der Waals surface area contributed by atoms with Crippen molar-refractivity contribution in [2.45, 2.75) is 57.7 Å². The molecule has 3 heterocycles. The van der Waals surface area contributed by atoms with E-state index in [9.17, 15) is 27.9 Å². The van der Waals surface area contributed by atoms with Gasteiger partial charge in [0.15, 0.2) is 0 Å². The molecule has 3 aliphatic heterocycles. The minimum Gasteiger partial charge on any atom is -0.481 e. The van der Waals surface area contributed by atoms with Gasteiger partial charge in [-0.25, -0.2) is 0 Å². The Morgan fingerprint density at radius 3 is 2.24 bits per heavy atom. The van der Waals surface area contributed by atoms with Crippen LogP contribution in [-0.2, 0) is 15.8 Å². The third kappa shape index (κ3) is 5.19. The van der Waals surface area contributed by atoms with E-state index in [1.165, 1.54) is 6.07 Å². The Morgan fingerprint density at radius 2 is 1.65 bits per heavy atom. The lowest BCUT2D eigenvalue weighted by Gasteiger charge is -2.34. The lowest BCUT2D eigenvalue weighted by molar-refractivity contribution is -0.142. The van der Waals surface area contributed by atoms with E-state index in [1.807, 2.05) is 9.80 Å². The average molecular weight is 482 g/mol. The van der Waals surface area contributed by atoms with Crippen LogP contribution in [0.15, 0.2) is 18.2 Å². The van der Waals surface area contributed by atoms with Gasteiger partial charge in [-0.15, -0.1) is 0 Å². The van der Waals surface area contributed by atoms with Gasteiger partial charge in [0.25, 0.3) is 0 Å². The van der Waals surface area contributed by atoms with Crippen molar-refractivity contribution in [1.82, 2.24) is 9.80 Å². The summed E-state index contributed by atoms with van der Waals surface area (Å²) in [5.41, 5.74) is 0.661. The zero-order valence-corrected chi connectivity index (χ0v) is 19.9. The first-order valence-corrected chi connectivity index (χ1v) is 12.3. The minimum atomic E-state index is -4.45. The molecular formula is C25H34F3N3O3. The van der Waals surface area contributed by atoms with Crippen LogP contribution in [-0.4, -0.2) is 72.1 Å². The van der Waals surface area contributed by atoms with Crippen LogP contribution < -0.4 is 4.90 Å². The van der Waals surface area contributed by atoms with Crippen molar-refractivity contribution in [3.63, 3.8) is 0 Å². The molecule has 34 heavy (non-hydrogen) atoms. The minimum absolute atomic E-state index is 0.0109. The van der Waals surface area contributed by atoms with Gasteiger partial charge in [-0.1, -0.05) is 6.07 Å². The molecule has 0 saturated carbocycles. The van der Waals surface area contributed by atoms with E-state index in [0.29, 0.717) is 50.7 Å². The number of rotatable bonds is 5. The van der Waals surface area contributed by atoms with Gasteiger partial charge in [-0.05, 0) is 63.8 Å². The summed E-state index contributed by atoms with van der Waals surface area (Å²) in [6.45, 7) is 7.89. The normalized spacial score (nSPS) is 24.9. The Kier molecular flexibility index (Phi) is 7.12. The fraction of sp³-hybridized carbons (Fsp3) is 0.680. The molecule has 4 rings (SSSR count). The molecule has 0 spiro atoms. The van der Waals surface area contributed by atoms with Crippen LogP contribution in [0.3, 0.4) is 0 Å². The lowest BCUT2D eigenvalue weighted by Crippen LogP contribution is -2.38. The summed E-state index contributed by atoms with van der Waals surface area (Å²) in [4.78, 5) is 30.6. The number of anilines is 1. The van der Waals surface area contributed by atoms with Gasteiger partial charge in [-0.2, -0.15) is 13.2 Å². The smallest absolute Gasteiger partial charge is 0.416 e. The molecule has 2 unspecified atom stereocenters. The number of nitrogens with zero attached hydrogens (tertiary/aromatic N) is 3. The molecule has 3 aliphatic rings. The molecule has 1 aromatic rings. The van der Waals surface area contributed by atoms with Crippen molar-refractivity contribution < 1.29 is 27.9 Å². The summed E-state index contributed by atoms with van der Waals surface area (Å²) in [5.74, 6) is -1.19. The first-order valence-electron chi connectivity index (χ1n) is 12.3. The summed E-state index contributed by atoms with van der Waals surface area (Å²) < 4.78 is 40.5. The Morgan fingerprint density at radius 1 is 0.971 bits per heavy atom. The van der Waals surface area contributed by atoms with Gasteiger partial charge in [0, 0.05) is 50.4 Å². The largest absolute Gasteiger partial charge is 0.481 e. The van der Waals surface area contributed by atoms with Gasteiger partial charge in [0.1, 0.15) is 0 Å². The Balaban J connectivity index is 1.51. The number of carboxylic acids is 1. The molecule has 6 nitrogen and oxygen atoms in total. The number of likely N-dealkylation sites (tertiary alicyclic amines) is 2. The molecular weight excluding hydrogens is 447 g/mol. The molecule has 2 atom stereocenters. The van der Waals surface area contributed by atoms with Crippen LogP contribution in [0.2, 0.25) is 0 Å². The van der Waals surface area contributed by atoms with Gasteiger partial charge < -0.3 is 19.8 Å². The Hall–Kier alpha value is -2.29. The second kappa shape index (κ2) is 9.76. The molecule has 3 saturated heterocycles. The average Bonchev–Trinajstić information content (AvgIpc) is 3.48. The molecule has 3 fully saturated rings. The number of carbonyl (C=O) groups excluding carboxylic acids is 1. The summed E-state index contributed by atoms with van der Waals surface area (Å²) in [6.07, 6.45) is -2.06. The van der Waals surface area contributed by atoms with Crippen LogP contribution in [0.4, 0.5) is 18.9 Å². The highest BCUT2D eigenvalue weighted by atomic mass is 19.4. The first-order chi connectivity index (χ1) is 16.0. The van der Waals surface area contributed by atoms with Crippen LogP contribution >= 0.6 is 0 Å².